The zero-order chi connectivity index (χ0) is 18.8. The molecule has 1 amide bonds. The van der Waals surface area contributed by atoms with E-state index in [-0.39, 0.29) is 24.6 Å². The van der Waals surface area contributed by atoms with Gasteiger partial charge in [-0.1, -0.05) is 13.8 Å². The number of furan rings is 1. The molecule has 0 bridgehead atoms. The number of benzene rings is 1. The van der Waals surface area contributed by atoms with Crippen molar-refractivity contribution < 1.29 is 19.1 Å². The maximum atomic E-state index is 12.3. The molecule has 0 saturated heterocycles. The molecule has 0 spiro atoms. The van der Waals surface area contributed by atoms with Gasteiger partial charge in [-0.3, -0.25) is 4.79 Å². The number of rotatable bonds is 6. The Hall–Kier alpha value is -2.67. The molecule has 0 aliphatic carbocycles. The second-order valence-corrected chi connectivity index (χ2v) is 7.45. The van der Waals surface area contributed by atoms with Crippen molar-refractivity contribution in [3.05, 3.63) is 51.2 Å². The summed E-state index contributed by atoms with van der Waals surface area (Å²) in [5, 5.41) is 14.6. The summed E-state index contributed by atoms with van der Waals surface area (Å²) in [5.41, 5.74) is 4.03. The van der Waals surface area contributed by atoms with Crippen LogP contribution in [0.2, 0.25) is 0 Å². The van der Waals surface area contributed by atoms with Gasteiger partial charge < -0.3 is 14.8 Å². The minimum Gasteiger partial charge on any atom is -0.476 e. The number of hydrogen-bond acceptors (Lipinski definition) is 5. The number of hydrogen-bond donors (Lipinski definition) is 2. The highest BCUT2D eigenvalue weighted by Crippen LogP contribution is 2.29. The molecule has 0 aliphatic heterocycles. The molecule has 0 atom stereocenters. The first-order valence-electron chi connectivity index (χ1n) is 8.30. The standard InChI is InChI=1S/C19H20N2O4S/c1-10(2)13-6-14-12(8-25-16(14)4-11(13)3)5-17(22)20-7-18-21-15(9-26-18)19(23)24/h4,6,8-10H,5,7H2,1-3H3,(H,20,22)(H,23,24). The Morgan fingerprint density at radius 2 is 2.12 bits per heavy atom. The molecule has 3 rings (SSSR count). The predicted molar refractivity (Wildman–Crippen MR) is 99.7 cm³/mol. The zero-order valence-electron chi connectivity index (χ0n) is 14.8. The van der Waals surface area contributed by atoms with Crippen molar-refractivity contribution >= 4 is 34.2 Å². The Balaban J connectivity index is 1.70. The second-order valence-electron chi connectivity index (χ2n) is 6.51. The summed E-state index contributed by atoms with van der Waals surface area (Å²) >= 11 is 1.21. The Bertz CT molecular complexity index is 971. The number of aromatic carboxylic acids is 1. The fraction of sp³-hybridized carbons (Fsp3) is 0.316. The van der Waals surface area contributed by atoms with E-state index in [2.05, 4.69) is 37.1 Å². The summed E-state index contributed by atoms with van der Waals surface area (Å²) < 4.78 is 5.60. The average molecular weight is 372 g/mol. The first kappa shape index (κ1) is 18.1. The van der Waals surface area contributed by atoms with Crippen LogP contribution >= 0.6 is 11.3 Å². The zero-order valence-corrected chi connectivity index (χ0v) is 15.6. The van der Waals surface area contributed by atoms with E-state index in [0.29, 0.717) is 10.9 Å². The van der Waals surface area contributed by atoms with Gasteiger partial charge in [-0.2, -0.15) is 0 Å². The highest BCUT2D eigenvalue weighted by Gasteiger charge is 2.15. The first-order valence-corrected chi connectivity index (χ1v) is 9.18. The van der Waals surface area contributed by atoms with E-state index in [9.17, 15) is 9.59 Å². The molecule has 0 saturated carbocycles. The number of carbonyl (C=O) groups excluding carboxylic acids is 1. The summed E-state index contributed by atoms with van der Waals surface area (Å²) in [6.07, 6.45) is 1.82. The number of amides is 1. The van der Waals surface area contributed by atoms with Crippen LogP contribution in [0, 0.1) is 6.92 Å². The van der Waals surface area contributed by atoms with Crippen LogP contribution in [0.25, 0.3) is 11.0 Å². The molecule has 2 N–H and O–H groups in total. The van der Waals surface area contributed by atoms with E-state index < -0.39 is 5.97 Å². The van der Waals surface area contributed by atoms with Gasteiger partial charge in [0.15, 0.2) is 5.69 Å². The number of carboxylic acids is 1. The molecule has 0 fully saturated rings. The van der Waals surface area contributed by atoms with Gasteiger partial charge in [-0.15, -0.1) is 11.3 Å². The van der Waals surface area contributed by atoms with Gasteiger partial charge in [0.2, 0.25) is 5.91 Å². The highest BCUT2D eigenvalue weighted by molar-refractivity contribution is 7.09. The molecule has 7 heteroatoms. The molecule has 0 aliphatic rings. The molecular weight excluding hydrogens is 352 g/mol. The smallest absolute Gasteiger partial charge is 0.355 e. The summed E-state index contributed by atoms with van der Waals surface area (Å²) in [7, 11) is 0. The monoisotopic (exact) mass is 372 g/mol. The lowest BCUT2D eigenvalue weighted by atomic mass is 9.95. The summed E-state index contributed by atoms with van der Waals surface area (Å²) in [6.45, 7) is 6.55. The third-order valence-electron chi connectivity index (χ3n) is 4.22. The predicted octanol–water partition coefficient (Wildman–Crippen LogP) is 3.88. The average Bonchev–Trinajstić information content (AvgIpc) is 3.19. The van der Waals surface area contributed by atoms with E-state index in [1.54, 1.807) is 6.26 Å². The SMILES string of the molecule is Cc1cc2occ(CC(=O)NCc3nc(C(=O)O)cs3)c2cc1C(C)C. The van der Waals surface area contributed by atoms with Crippen LogP contribution in [-0.4, -0.2) is 22.0 Å². The number of carbonyl (C=O) groups is 2. The summed E-state index contributed by atoms with van der Waals surface area (Å²) in [4.78, 5) is 27.1. The van der Waals surface area contributed by atoms with Crippen LogP contribution < -0.4 is 5.32 Å². The summed E-state index contributed by atoms with van der Waals surface area (Å²) in [6, 6.07) is 4.11. The molecule has 2 aromatic heterocycles. The highest BCUT2D eigenvalue weighted by atomic mass is 32.1. The maximum absolute atomic E-state index is 12.3. The third kappa shape index (κ3) is 3.77. The Labute approximate surface area is 154 Å². The van der Waals surface area contributed by atoms with Crippen molar-refractivity contribution in [3.8, 4) is 0 Å². The molecule has 6 nitrogen and oxygen atoms in total. The molecular formula is C19H20N2O4S. The van der Waals surface area contributed by atoms with Crippen molar-refractivity contribution in [1.29, 1.82) is 0 Å². The second kappa shape index (κ2) is 7.29. The van der Waals surface area contributed by atoms with Crippen LogP contribution in [0.5, 0.6) is 0 Å². The Morgan fingerprint density at radius 1 is 1.35 bits per heavy atom. The molecule has 3 aromatic rings. The number of aryl methyl sites for hydroxylation is 1. The van der Waals surface area contributed by atoms with Gasteiger partial charge in [0.25, 0.3) is 0 Å². The molecule has 136 valence electrons. The van der Waals surface area contributed by atoms with E-state index in [1.807, 2.05) is 6.07 Å². The normalized spacial score (nSPS) is 11.2. The maximum Gasteiger partial charge on any atom is 0.355 e. The fourth-order valence-corrected chi connectivity index (χ4v) is 3.61. The van der Waals surface area contributed by atoms with E-state index in [4.69, 9.17) is 9.52 Å². The Kier molecular flexibility index (Phi) is 5.08. The van der Waals surface area contributed by atoms with Gasteiger partial charge in [0, 0.05) is 16.3 Å². The molecule has 26 heavy (non-hydrogen) atoms. The molecule has 1 aromatic carbocycles. The van der Waals surface area contributed by atoms with Crippen molar-refractivity contribution in [2.24, 2.45) is 0 Å². The van der Waals surface area contributed by atoms with Crippen LogP contribution in [0.3, 0.4) is 0 Å². The van der Waals surface area contributed by atoms with Gasteiger partial charge in [0.1, 0.15) is 10.6 Å². The Morgan fingerprint density at radius 3 is 2.77 bits per heavy atom. The van der Waals surface area contributed by atoms with E-state index in [0.717, 1.165) is 16.5 Å². The van der Waals surface area contributed by atoms with Crippen molar-refractivity contribution in [2.75, 3.05) is 0 Å². The number of carboxylic acid groups (broad SMARTS) is 1. The number of nitrogens with one attached hydrogen (secondary N) is 1. The van der Waals surface area contributed by atoms with Crippen LogP contribution in [-0.2, 0) is 17.8 Å². The lowest BCUT2D eigenvalue weighted by Crippen LogP contribution is -2.24. The minimum atomic E-state index is -1.07. The fourth-order valence-electron chi connectivity index (χ4n) is 2.90. The van der Waals surface area contributed by atoms with Crippen LogP contribution in [0.4, 0.5) is 0 Å². The molecule has 0 unspecified atom stereocenters. The van der Waals surface area contributed by atoms with E-state index >= 15 is 0 Å². The molecule has 0 radical (unpaired) electrons. The topological polar surface area (TPSA) is 92.4 Å². The van der Waals surface area contributed by atoms with Crippen LogP contribution in [0.1, 0.15) is 52.0 Å². The summed E-state index contributed by atoms with van der Waals surface area (Å²) in [5.74, 6) is -0.837. The number of aromatic nitrogens is 1. The number of thiazole rings is 1. The number of fused-ring (bicyclic) bond motifs is 1. The quantitative estimate of drug-likeness (QED) is 0.685. The largest absolute Gasteiger partial charge is 0.476 e. The van der Waals surface area contributed by atoms with Gasteiger partial charge >= 0.3 is 5.97 Å². The molecule has 2 heterocycles. The third-order valence-corrected chi connectivity index (χ3v) is 5.07. The van der Waals surface area contributed by atoms with Gasteiger partial charge in [-0.25, -0.2) is 9.78 Å². The van der Waals surface area contributed by atoms with Gasteiger partial charge in [-0.05, 0) is 36.1 Å². The van der Waals surface area contributed by atoms with Crippen LogP contribution in [0.15, 0.2) is 28.2 Å². The first-order chi connectivity index (χ1) is 12.3. The number of nitrogens with zero attached hydrogens (tertiary/aromatic N) is 1. The van der Waals surface area contributed by atoms with Crippen molar-refractivity contribution in [1.82, 2.24) is 10.3 Å². The van der Waals surface area contributed by atoms with Crippen molar-refractivity contribution in [3.63, 3.8) is 0 Å². The lowest BCUT2D eigenvalue weighted by molar-refractivity contribution is -0.120. The van der Waals surface area contributed by atoms with E-state index in [1.165, 1.54) is 27.8 Å². The van der Waals surface area contributed by atoms with Gasteiger partial charge in [0.05, 0.1) is 19.2 Å². The van der Waals surface area contributed by atoms with Crippen molar-refractivity contribution in [2.45, 2.75) is 39.7 Å². The minimum absolute atomic E-state index is 0.00309. The lowest BCUT2D eigenvalue weighted by Gasteiger charge is -2.10.